The number of nitrogens with one attached hydrogen (secondary N) is 2. The normalized spacial score (nSPS) is 11.8. The second-order valence-electron chi connectivity index (χ2n) is 5.96. The van der Waals surface area contributed by atoms with Gasteiger partial charge < -0.3 is 15.0 Å². The van der Waals surface area contributed by atoms with Crippen LogP contribution in [0.5, 0.6) is 5.75 Å². The largest absolute Gasteiger partial charge is 0.573 e. The molecule has 0 saturated carbocycles. The van der Waals surface area contributed by atoms with E-state index in [1.54, 1.807) is 6.07 Å². The molecule has 0 radical (unpaired) electrons. The number of H-pyrrole nitrogens is 1. The van der Waals surface area contributed by atoms with Gasteiger partial charge in [0.2, 0.25) is 5.91 Å². The van der Waals surface area contributed by atoms with Gasteiger partial charge in [-0.05, 0) is 44.0 Å². The van der Waals surface area contributed by atoms with E-state index < -0.39 is 6.36 Å². The van der Waals surface area contributed by atoms with Crippen molar-refractivity contribution >= 4 is 39.9 Å². The van der Waals surface area contributed by atoms with Gasteiger partial charge in [-0.2, -0.15) is 0 Å². The van der Waals surface area contributed by atoms with Crippen LogP contribution in [0.4, 0.5) is 13.2 Å². The van der Waals surface area contributed by atoms with E-state index >= 15 is 0 Å². The molecule has 0 unspecified atom stereocenters. The summed E-state index contributed by atoms with van der Waals surface area (Å²) in [7, 11) is 0. The number of alkyl halides is 3. The Bertz CT molecular complexity index is 985. The SMILES string of the molecule is Cc1nnc(SCC(=O)NCCc2c(C)[nH]c3ccc(OC(F)(F)F)cc23)s1. The Labute approximate surface area is 166 Å². The fourth-order valence-corrected chi connectivity index (χ4v) is 4.37. The summed E-state index contributed by atoms with van der Waals surface area (Å²) in [4.78, 5) is 15.1. The molecule has 1 aromatic carbocycles. The van der Waals surface area contributed by atoms with Crippen LogP contribution in [0.3, 0.4) is 0 Å². The van der Waals surface area contributed by atoms with E-state index in [1.165, 1.54) is 35.2 Å². The molecule has 3 rings (SSSR count). The van der Waals surface area contributed by atoms with Crippen LogP contribution >= 0.6 is 23.1 Å². The smallest absolute Gasteiger partial charge is 0.406 e. The highest BCUT2D eigenvalue weighted by molar-refractivity contribution is 8.01. The topological polar surface area (TPSA) is 79.9 Å². The van der Waals surface area contributed by atoms with Crippen molar-refractivity contribution in [3.05, 3.63) is 34.5 Å². The lowest BCUT2D eigenvalue weighted by Crippen LogP contribution is -2.27. The quantitative estimate of drug-likeness (QED) is 0.554. The summed E-state index contributed by atoms with van der Waals surface area (Å²) in [6.45, 7) is 4.05. The summed E-state index contributed by atoms with van der Waals surface area (Å²) < 4.78 is 42.1. The number of amides is 1. The van der Waals surface area contributed by atoms with Crippen molar-refractivity contribution in [1.29, 1.82) is 0 Å². The Balaban J connectivity index is 1.59. The first-order valence-electron chi connectivity index (χ1n) is 8.28. The first-order chi connectivity index (χ1) is 13.2. The van der Waals surface area contributed by atoms with Gasteiger partial charge in [0.05, 0.1) is 5.75 Å². The van der Waals surface area contributed by atoms with Crippen LogP contribution in [-0.4, -0.2) is 39.7 Å². The van der Waals surface area contributed by atoms with Crippen molar-refractivity contribution in [3.63, 3.8) is 0 Å². The van der Waals surface area contributed by atoms with Gasteiger partial charge in [-0.25, -0.2) is 0 Å². The zero-order valence-electron chi connectivity index (χ0n) is 15.0. The van der Waals surface area contributed by atoms with E-state index in [9.17, 15) is 18.0 Å². The number of nitrogens with zero attached hydrogens (tertiary/aromatic N) is 2. The summed E-state index contributed by atoms with van der Waals surface area (Å²) in [6, 6.07) is 4.17. The minimum absolute atomic E-state index is 0.142. The van der Waals surface area contributed by atoms with Crippen LogP contribution in [0.1, 0.15) is 16.3 Å². The van der Waals surface area contributed by atoms with Crippen LogP contribution in [0.15, 0.2) is 22.5 Å². The zero-order valence-corrected chi connectivity index (χ0v) is 16.6. The van der Waals surface area contributed by atoms with Crippen molar-refractivity contribution in [3.8, 4) is 5.75 Å². The maximum Gasteiger partial charge on any atom is 0.573 e. The van der Waals surface area contributed by atoms with Gasteiger partial charge >= 0.3 is 6.36 Å². The number of halogens is 3. The molecule has 0 aliphatic rings. The maximum absolute atomic E-state index is 12.4. The van der Waals surface area contributed by atoms with E-state index in [4.69, 9.17) is 0 Å². The fraction of sp³-hybridized carbons (Fsp3) is 0.353. The van der Waals surface area contributed by atoms with E-state index in [0.29, 0.717) is 18.4 Å². The Morgan fingerprint density at radius 1 is 1.32 bits per heavy atom. The molecule has 6 nitrogen and oxygen atoms in total. The number of aromatic amines is 1. The predicted octanol–water partition coefficient (Wildman–Crippen LogP) is 3.99. The van der Waals surface area contributed by atoms with Gasteiger partial charge in [-0.1, -0.05) is 23.1 Å². The fourth-order valence-electron chi connectivity index (χ4n) is 2.72. The number of hydrogen-bond acceptors (Lipinski definition) is 6. The molecule has 0 atom stereocenters. The molecule has 0 aliphatic heterocycles. The molecule has 3 aromatic rings. The van der Waals surface area contributed by atoms with E-state index in [0.717, 1.165) is 26.1 Å². The summed E-state index contributed by atoms with van der Waals surface area (Å²) >= 11 is 2.74. The Hall–Kier alpha value is -2.27. The summed E-state index contributed by atoms with van der Waals surface area (Å²) in [6.07, 6.45) is -4.26. The average Bonchev–Trinajstić information content (AvgIpc) is 3.15. The minimum Gasteiger partial charge on any atom is -0.406 e. The van der Waals surface area contributed by atoms with Crippen LogP contribution in [0.25, 0.3) is 10.9 Å². The van der Waals surface area contributed by atoms with Crippen molar-refractivity contribution < 1.29 is 22.7 Å². The molecular formula is C17H17F3N4O2S2. The maximum atomic E-state index is 12.4. The molecule has 150 valence electrons. The molecule has 0 fully saturated rings. The lowest BCUT2D eigenvalue weighted by atomic mass is 10.1. The number of aromatic nitrogens is 3. The molecular weight excluding hydrogens is 413 g/mol. The summed E-state index contributed by atoms with van der Waals surface area (Å²) in [5, 5.41) is 12.1. The lowest BCUT2D eigenvalue weighted by molar-refractivity contribution is -0.274. The molecule has 28 heavy (non-hydrogen) atoms. The van der Waals surface area contributed by atoms with Gasteiger partial charge in [-0.15, -0.1) is 23.4 Å². The second kappa shape index (κ2) is 8.39. The highest BCUT2D eigenvalue weighted by Gasteiger charge is 2.31. The predicted molar refractivity (Wildman–Crippen MR) is 102 cm³/mol. The molecule has 0 aliphatic carbocycles. The molecule has 2 heterocycles. The Morgan fingerprint density at radius 2 is 2.11 bits per heavy atom. The number of thioether (sulfide) groups is 1. The third-order valence-corrected chi connectivity index (χ3v) is 5.83. The average molecular weight is 430 g/mol. The van der Waals surface area contributed by atoms with Crippen molar-refractivity contribution in [2.75, 3.05) is 12.3 Å². The van der Waals surface area contributed by atoms with Gasteiger partial charge in [-0.3, -0.25) is 4.79 Å². The second-order valence-corrected chi connectivity index (χ2v) is 8.36. The van der Waals surface area contributed by atoms with E-state index in [-0.39, 0.29) is 17.4 Å². The number of hydrogen-bond donors (Lipinski definition) is 2. The lowest BCUT2D eigenvalue weighted by Gasteiger charge is -2.09. The van der Waals surface area contributed by atoms with Crippen molar-refractivity contribution in [2.24, 2.45) is 0 Å². The number of rotatable bonds is 7. The standard InChI is InChI=1S/C17H17F3N4O2S2/c1-9-12(5-6-21-15(25)8-27-16-24-23-10(2)28-16)13-7-11(26-17(18,19)20)3-4-14(13)22-9/h3-4,7,22H,5-6,8H2,1-2H3,(H,21,25). The van der Waals surface area contributed by atoms with Gasteiger partial charge in [0.15, 0.2) is 4.34 Å². The number of carbonyl (C=O) groups excluding carboxylic acids is 1. The molecule has 0 spiro atoms. The van der Waals surface area contributed by atoms with Crippen LogP contribution in [0.2, 0.25) is 0 Å². The van der Waals surface area contributed by atoms with Crippen molar-refractivity contribution in [2.45, 2.75) is 31.0 Å². The highest BCUT2D eigenvalue weighted by Crippen LogP contribution is 2.30. The number of benzene rings is 1. The zero-order chi connectivity index (χ0) is 20.3. The van der Waals surface area contributed by atoms with Crippen LogP contribution in [0, 0.1) is 13.8 Å². The molecule has 0 saturated heterocycles. The monoisotopic (exact) mass is 430 g/mol. The molecule has 2 N–H and O–H groups in total. The summed E-state index contributed by atoms with van der Waals surface area (Å²) in [5.74, 6) is -0.185. The number of fused-ring (bicyclic) bond motifs is 1. The Kier molecular flexibility index (Phi) is 6.14. The summed E-state index contributed by atoms with van der Waals surface area (Å²) in [5.41, 5.74) is 2.40. The first-order valence-corrected chi connectivity index (χ1v) is 10.1. The first kappa shape index (κ1) is 20.5. The van der Waals surface area contributed by atoms with Gasteiger partial charge in [0.25, 0.3) is 0 Å². The highest BCUT2D eigenvalue weighted by atomic mass is 32.2. The van der Waals surface area contributed by atoms with Crippen LogP contribution in [-0.2, 0) is 11.2 Å². The Morgan fingerprint density at radius 3 is 2.79 bits per heavy atom. The molecule has 0 bridgehead atoms. The van der Waals surface area contributed by atoms with Crippen molar-refractivity contribution in [1.82, 2.24) is 20.5 Å². The third-order valence-electron chi connectivity index (χ3n) is 3.86. The number of carbonyl (C=O) groups is 1. The number of aryl methyl sites for hydroxylation is 2. The van der Waals surface area contributed by atoms with E-state index in [1.807, 2.05) is 13.8 Å². The van der Waals surface area contributed by atoms with Crippen LogP contribution < -0.4 is 10.1 Å². The van der Waals surface area contributed by atoms with Gasteiger partial charge in [0, 0.05) is 23.1 Å². The van der Waals surface area contributed by atoms with E-state index in [2.05, 4.69) is 25.2 Å². The van der Waals surface area contributed by atoms with Gasteiger partial charge in [0.1, 0.15) is 10.8 Å². The molecule has 1 amide bonds. The third kappa shape index (κ3) is 5.38. The molecule has 2 aromatic heterocycles. The minimum atomic E-state index is -4.74. The molecule has 11 heteroatoms. The number of ether oxygens (including phenoxy) is 1.